The smallest absolute Gasteiger partial charge is 0.198 e. The molecular formula is C19H29IN6. The normalized spacial score (nSPS) is 15.0. The number of nitrogens with one attached hydrogen (secondary N) is 1. The van der Waals surface area contributed by atoms with Crippen LogP contribution in [0.5, 0.6) is 0 Å². The van der Waals surface area contributed by atoms with Gasteiger partial charge in [-0.2, -0.15) is 5.10 Å². The van der Waals surface area contributed by atoms with Crippen LogP contribution in [-0.2, 0) is 13.5 Å². The lowest BCUT2D eigenvalue weighted by Gasteiger charge is -2.25. The molecule has 0 aliphatic carbocycles. The van der Waals surface area contributed by atoms with Crippen LogP contribution < -0.4 is 10.2 Å². The Morgan fingerprint density at radius 3 is 2.77 bits per heavy atom. The average molecular weight is 468 g/mol. The van der Waals surface area contributed by atoms with E-state index in [0.717, 1.165) is 25.5 Å². The van der Waals surface area contributed by atoms with E-state index in [1.807, 2.05) is 17.9 Å². The molecule has 0 fully saturated rings. The number of hydrogen-bond donors (Lipinski definition) is 1. The van der Waals surface area contributed by atoms with Gasteiger partial charge in [0.15, 0.2) is 5.96 Å². The van der Waals surface area contributed by atoms with E-state index in [2.05, 4.69) is 71.7 Å². The van der Waals surface area contributed by atoms with Crippen molar-refractivity contribution in [2.24, 2.45) is 12.0 Å². The van der Waals surface area contributed by atoms with E-state index in [1.54, 1.807) is 0 Å². The first-order valence-corrected chi connectivity index (χ1v) is 8.89. The second-order valence-electron chi connectivity index (χ2n) is 6.65. The molecule has 142 valence electrons. The molecule has 0 amide bonds. The van der Waals surface area contributed by atoms with Gasteiger partial charge in [0.1, 0.15) is 0 Å². The summed E-state index contributed by atoms with van der Waals surface area (Å²) in [5.74, 6) is 0.961. The molecule has 1 N–H and O–H groups in total. The molecule has 6 nitrogen and oxygen atoms in total. The Morgan fingerprint density at radius 2 is 2.12 bits per heavy atom. The van der Waals surface area contributed by atoms with Crippen LogP contribution in [0.2, 0.25) is 0 Å². The van der Waals surface area contributed by atoms with E-state index in [-0.39, 0.29) is 30.0 Å². The van der Waals surface area contributed by atoms with Gasteiger partial charge in [-0.25, -0.2) is 0 Å². The van der Waals surface area contributed by atoms with Crippen molar-refractivity contribution in [3.8, 4) is 0 Å². The highest BCUT2D eigenvalue weighted by Crippen LogP contribution is 2.27. The second-order valence-corrected chi connectivity index (χ2v) is 6.65. The standard InChI is InChI=1S/C19H28N6.HI/c1-5-20-19(25-11-10-15-8-6-7-9-17(15)25)21-13-18(23(2)3)16-12-22-24(4)14-16;/h6-9,12,14,18H,5,10-11,13H2,1-4H3,(H,20,21);1H. The molecule has 2 aromatic rings. The van der Waals surface area contributed by atoms with Crippen molar-refractivity contribution in [2.75, 3.05) is 38.6 Å². The Morgan fingerprint density at radius 1 is 1.35 bits per heavy atom. The summed E-state index contributed by atoms with van der Waals surface area (Å²) in [4.78, 5) is 9.45. The van der Waals surface area contributed by atoms with Crippen LogP contribution in [-0.4, -0.2) is 54.4 Å². The lowest BCUT2D eigenvalue weighted by atomic mass is 10.1. The van der Waals surface area contributed by atoms with Gasteiger partial charge in [0.05, 0.1) is 18.8 Å². The van der Waals surface area contributed by atoms with E-state index in [1.165, 1.54) is 16.8 Å². The molecular weight excluding hydrogens is 439 g/mol. The van der Waals surface area contributed by atoms with Crippen LogP contribution in [0.15, 0.2) is 41.7 Å². The first kappa shape index (κ1) is 20.7. The predicted octanol–water partition coefficient (Wildman–Crippen LogP) is 2.67. The molecule has 3 rings (SSSR count). The van der Waals surface area contributed by atoms with Crippen molar-refractivity contribution >= 4 is 35.6 Å². The minimum atomic E-state index is 0. The maximum atomic E-state index is 4.95. The highest BCUT2D eigenvalue weighted by molar-refractivity contribution is 14.0. The molecule has 26 heavy (non-hydrogen) atoms. The summed E-state index contributed by atoms with van der Waals surface area (Å²) < 4.78 is 1.84. The SMILES string of the molecule is CCNC(=NCC(c1cnn(C)c1)N(C)C)N1CCc2ccccc21.I. The number of aryl methyl sites for hydroxylation is 1. The highest BCUT2D eigenvalue weighted by Gasteiger charge is 2.23. The van der Waals surface area contributed by atoms with Crippen molar-refractivity contribution in [1.82, 2.24) is 20.0 Å². The van der Waals surface area contributed by atoms with Gasteiger partial charge in [0.2, 0.25) is 0 Å². The Balaban J connectivity index is 0.00000243. The first-order valence-electron chi connectivity index (χ1n) is 8.89. The number of aliphatic imine (C=N–C) groups is 1. The van der Waals surface area contributed by atoms with Gasteiger partial charge >= 0.3 is 0 Å². The van der Waals surface area contributed by atoms with Gasteiger partial charge in [-0.05, 0) is 39.1 Å². The zero-order valence-corrected chi connectivity index (χ0v) is 18.3. The maximum Gasteiger partial charge on any atom is 0.198 e. The van der Waals surface area contributed by atoms with Gasteiger partial charge < -0.3 is 15.1 Å². The summed E-state index contributed by atoms with van der Waals surface area (Å²) in [6.45, 7) is 4.64. The number of rotatable bonds is 5. The molecule has 0 radical (unpaired) electrons. The van der Waals surface area contributed by atoms with E-state index in [9.17, 15) is 0 Å². The van der Waals surface area contributed by atoms with Crippen LogP contribution in [0.25, 0.3) is 0 Å². The molecule has 7 heteroatoms. The third kappa shape index (κ3) is 4.56. The second kappa shape index (κ2) is 9.36. The van der Waals surface area contributed by atoms with Crippen LogP contribution in [0.4, 0.5) is 5.69 Å². The van der Waals surface area contributed by atoms with Gasteiger partial charge in [0, 0.05) is 37.6 Å². The number of halogens is 1. The third-order valence-corrected chi connectivity index (χ3v) is 4.62. The van der Waals surface area contributed by atoms with Gasteiger partial charge in [-0.15, -0.1) is 24.0 Å². The van der Waals surface area contributed by atoms with E-state index in [0.29, 0.717) is 6.54 Å². The fourth-order valence-electron chi connectivity index (χ4n) is 3.31. The number of benzene rings is 1. The van der Waals surface area contributed by atoms with E-state index in [4.69, 9.17) is 4.99 Å². The summed E-state index contributed by atoms with van der Waals surface area (Å²) >= 11 is 0. The predicted molar refractivity (Wildman–Crippen MR) is 119 cm³/mol. The van der Waals surface area contributed by atoms with Crippen molar-refractivity contribution in [3.63, 3.8) is 0 Å². The molecule has 1 unspecified atom stereocenters. The largest absolute Gasteiger partial charge is 0.356 e. The lowest BCUT2D eigenvalue weighted by molar-refractivity contribution is 0.306. The quantitative estimate of drug-likeness (QED) is 0.417. The molecule has 0 saturated heterocycles. The van der Waals surface area contributed by atoms with Gasteiger partial charge in [-0.1, -0.05) is 18.2 Å². The Bertz CT molecular complexity index is 739. The summed E-state index contributed by atoms with van der Waals surface area (Å²) in [6, 6.07) is 8.80. The number of nitrogens with zero attached hydrogens (tertiary/aromatic N) is 5. The zero-order valence-electron chi connectivity index (χ0n) is 16.0. The minimum absolute atomic E-state index is 0. The number of fused-ring (bicyclic) bond motifs is 1. The highest BCUT2D eigenvalue weighted by atomic mass is 127. The number of anilines is 1. The monoisotopic (exact) mass is 468 g/mol. The topological polar surface area (TPSA) is 48.7 Å². The number of aromatic nitrogens is 2. The lowest BCUT2D eigenvalue weighted by Crippen LogP contribution is -2.41. The fourth-order valence-corrected chi connectivity index (χ4v) is 3.31. The van der Waals surface area contributed by atoms with Gasteiger partial charge in [0.25, 0.3) is 0 Å². The number of likely N-dealkylation sites (N-methyl/N-ethyl adjacent to an activating group) is 1. The van der Waals surface area contributed by atoms with Crippen LogP contribution in [0, 0.1) is 0 Å². The first-order chi connectivity index (χ1) is 12.1. The van der Waals surface area contributed by atoms with Crippen molar-refractivity contribution in [2.45, 2.75) is 19.4 Å². The van der Waals surface area contributed by atoms with Crippen LogP contribution in [0.3, 0.4) is 0 Å². The van der Waals surface area contributed by atoms with Crippen LogP contribution >= 0.6 is 24.0 Å². The minimum Gasteiger partial charge on any atom is -0.356 e. The average Bonchev–Trinajstić information content (AvgIpc) is 3.20. The van der Waals surface area contributed by atoms with Crippen molar-refractivity contribution in [3.05, 3.63) is 47.8 Å². The summed E-state index contributed by atoms with van der Waals surface area (Å²) in [5.41, 5.74) is 3.85. The molecule has 1 aromatic carbocycles. The summed E-state index contributed by atoms with van der Waals surface area (Å²) in [6.07, 6.45) is 5.07. The molecule has 1 atom stereocenters. The molecule has 1 aromatic heterocycles. The Labute approximate surface area is 173 Å². The summed E-state index contributed by atoms with van der Waals surface area (Å²) in [5, 5.41) is 7.76. The molecule has 0 saturated carbocycles. The fraction of sp³-hybridized carbons (Fsp3) is 0.474. The zero-order chi connectivity index (χ0) is 17.8. The Kier molecular flexibility index (Phi) is 7.45. The molecule has 0 spiro atoms. The molecule has 1 aliphatic rings. The molecule has 1 aliphatic heterocycles. The molecule has 2 heterocycles. The van der Waals surface area contributed by atoms with Crippen LogP contribution in [0.1, 0.15) is 24.1 Å². The maximum absolute atomic E-state index is 4.95. The summed E-state index contributed by atoms with van der Waals surface area (Å²) in [7, 11) is 6.13. The van der Waals surface area contributed by atoms with Crippen molar-refractivity contribution in [1.29, 1.82) is 0 Å². The van der Waals surface area contributed by atoms with E-state index >= 15 is 0 Å². The third-order valence-electron chi connectivity index (χ3n) is 4.62. The number of para-hydroxylation sites is 1. The van der Waals surface area contributed by atoms with E-state index < -0.39 is 0 Å². The molecule has 0 bridgehead atoms. The number of hydrogen-bond acceptors (Lipinski definition) is 3. The van der Waals surface area contributed by atoms with Crippen molar-refractivity contribution < 1.29 is 0 Å². The van der Waals surface area contributed by atoms with Gasteiger partial charge in [-0.3, -0.25) is 9.67 Å². The number of guanidine groups is 1. The Hall–Kier alpha value is -1.61.